The summed E-state index contributed by atoms with van der Waals surface area (Å²) in [6.07, 6.45) is 0.834. The molecule has 0 saturated heterocycles. The molecule has 12 heavy (non-hydrogen) atoms. The average Bonchev–Trinajstić information content (AvgIpc) is 2.08. The Balaban J connectivity index is 3.12. The number of nitrogens with zero attached hydrogens (tertiary/aromatic N) is 1. The number of anilines is 1. The molecule has 0 aliphatic carbocycles. The van der Waals surface area contributed by atoms with Gasteiger partial charge < -0.3 is 15.6 Å². The van der Waals surface area contributed by atoms with Gasteiger partial charge in [0.2, 0.25) is 0 Å². The van der Waals surface area contributed by atoms with Gasteiger partial charge in [0, 0.05) is 11.8 Å². The zero-order chi connectivity index (χ0) is 9.14. The predicted molar refractivity (Wildman–Crippen MR) is 44.4 cm³/mol. The zero-order valence-corrected chi connectivity index (χ0v) is 6.69. The minimum atomic E-state index is -1.17. The van der Waals surface area contributed by atoms with Crippen LogP contribution in [-0.4, -0.2) is 16.4 Å². The van der Waals surface area contributed by atoms with Gasteiger partial charge in [-0.25, -0.2) is 4.98 Å². The third kappa shape index (κ3) is 1.60. The van der Waals surface area contributed by atoms with Crippen LogP contribution in [0.15, 0.2) is 12.3 Å². The van der Waals surface area contributed by atoms with E-state index in [1.807, 2.05) is 6.92 Å². The fourth-order valence-corrected chi connectivity index (χ4v) is 0.913. The van der Waals surface area contributed by atoms with E-state index in [0.29, 0.717) is 11.8 Å². The Morgan fingerprint density at radius 2 is 2.42 bits per heavy atom. The second-order valence-corrected chi connectivity index (χ2v) is 2.57. The molecule has 0 radical (unpaired) electrons. The lowest BCUT2D eigenvalue weighted by molar-refractivity contribution is -0.115. The van der Waals surface area contributed by atoms with Crippen molar-refractivity contribution in [1.29, 1.82) is 0 Å². The summed E-state index contributed by atoms with van der Waals surface area (Å²) in [4.78, 5) is 14.0. The Morgan fingerprint density at radius 1 is 1.75 bits per heavy atom. The molecule has 0 saturated carbocycles. The lowest BCUT2D eigenvalue weighted by Gasteiger charge is -2.06. The number of pyridine rings is 1. The van der Waals surface area contributed by atoms with Crippen LogP contribution in [0, 0.1) is 6.92 Å². The van der Waals surface area contributed by atoms with Crippen molar-refractivity contribution >= 4 is 12.1 Å². The SMILES string of the molecule is Cc1cnc(N)c(C(O)C=O)c1. The average molecular weight is 166 g/mol. The number of carbonyl (C=O) groups is 1. The molecule has 0 amide bonds. The Morgan fingerprint density at radius 3 is 3.00 bits per heavy atom. The quantitative estimate of drug-likeness (QED) is 0.615. The summed E-state index contributed by atoms with van der Waals surface area (Å²) in [5.41, 5.74) is 6.66. The van der Waals surface area contributed by atoms with Gasteiger partial charge in [-0.05, 0) is 18.6 Å². The Kier molecular flexibility index (Phi) is 2.40. The van der Waals surface area contributed by atoms with E-state index in [4.69, 9.17) is 10.8 Å². The first-order valence-corrected chi connectivity index (χ1v) is 3.50. The summed E-state index contributed by atoms with van der Waals surface area (Å²) in [5.74, 6) is 0.195. The number of nitrogen functional groups attached to an aromatic ring is 1. The van der Waals surface area contributed by atoms with Crippen molar-refractivity contribution in [3.8, 4) is 0 Å². The maximum absolute atomic E-state index is 10.2. The Hall–Kier alpha value is -1.42. The number of aryl methyl sites for hydroxylation is 1. The van der Waals surface area contributed by atoms with E-state index < -0.39 is 6.10 Å². The monoisotopic (exact) mass is 166 g/mol. The minimum absolute atomic E-state index is 0.195. The number of carbonyl (C=O) groups excluding carboxylic acids is 1. The predicted octanol–water partition coefficient (Wildman–Crippen LogP) is 0.205. The van der Waals surface area contributed by atoms with Gasteiger partial charge in [-0.2, -0.15) is 0 Å². The van der Waals surface area contributed by atoms with Gasteiger partial charge in [-0.3, -0.25) is 0 Å². The Labute approximate surface area is 70.0 Å². The first-order chi connectivity index (χ1) is 5.65. The molecule has 64 valence electrons. The molecule has 4 heteroatoms. The van der Waals surface area contributed by atoms with Gasteiger partial charge in [0.15, 0.2) is 6.29 Å². The second kappa shape index (κ2) is 3.32. The van der Waals surface area contributed by atoms with Crippen LogP contribution in [-0.2, 0) is 4.79 Å². The van der Waals surface area contributed by atoms with Crippen LogP contribution in [0.25, 0.3) is 0 Å². The first kappa shape index (κ1) is 8.67. The number of aliphatic hydroxyl groups is 1. The van der Waals surface area contributed by atoms with Crippen molar-refractivity contribution in [1.82, 2.24) is 4.98 Å². The minimum Gasteiger partial charge on any atom is -0.383 e. The highest BCUT2D eigenvalue weighted by atomic mass is 16.3. The van der Waals surface area contributed by atoms with E-state index in [0.717, 1.165) is 5.56 Å². The standard InChI is InChI=1S/C8H10N2O2/c1-5-2-6(7(12)4-11)8(9)10-3-5/h2-4,7,12H,1H3,(H2,9,10). The lowest BCUT2D eigenvalue weighted by atomic mass is 10.1. The van der Waals surface area contributed by atoms with Crippen molar-refractivity contribution in [2.75, 3.05) is 5.73 Å². The van der Waals surface area contributed by atoms with E-state index in [9.17, 15) is 4.79 Å². The van der Waals surface area contributed by atoms with Crippen LogP contribution in [0.1, 0.15) is 17.2 Å². The van der Waals surface area contributed by atoms with Crippen LogP contribution in [0.5, 0.6) is 0 Å². The molecule has 1 aromatic heterocycles. The van der Waals surface area contributed by atoms with E-state index in [1.165, 1.54) is 0 Å². The molecule has 1 rings (SSSR count). The topological polar surface area (TPSA) is 76.2 Å². The number of nitrogens with two attached hydrogens (primary N) is 1. The summed E-state index contributed by atoms with van der Waals surface area (Å²) in [6.45, 7) is 1.81. The summed E-state index contributed by atoms with van der Waals surface area (Å²) >= 11 is 0. The number of aldehydes is 1. The zero-order valence-electron chi connectivity index (χ0n) is 6.69. The molecule has 0 aromatic carbocycles. The number of hydrogen-bond donors (Lipinski definition) is 2. The molecule has 1 unspecified atom stereocenters. The van der Waals surface area contributed by atoms with Gasteiger partial charge in [-0.15, -0.1) is 0 Å². The third-order valence-corrected chi connectivity index (χ3v) is 1.53. The van der Waals surface area contributed by atoms with Gasteiger partial charge in [0.05, 0.1) is 0 Å². The number of rotatable bonds is 2. The number of aliphatic hydroxyl groups excluding tert-OH is 1. The molecule has 3 N–H and O–H groups in total. The maximum Gasteiger partial charge on any atom is 0.153 e. The van der Waals surface area contributed by atoms with E-state index >= 15 is 0 Å². The van der Waals surface area contributed by atoms with Crippen LogP contribution >= 0.6 is 0 Å². The van der Waals surface area contributed by atoms with Crippen molar-refractivity contribution in [3.05, 3.63) is 23.4 Å². The first-order valence-electron chi connectivity index (χ1n) is 3.50. The van der Waals surface area contributed by atoms with Crippen LogP contribution in [0.4, 0.5) is 5.82 Å². The summed E-state index contributed by atoms with van der Waals surface area (Å²) < 4.78 is 0. The van der Waals surface area contributed by atoms with Gasteiger partial charge in [0.1, 0.15) is 11.9 Å². The van der Waals surface area contributed by atoms with Crippen LogP contribution in [0.2, 0.25) is 0 Å². The molecular formula is C8H10N2O2. The molecule has 0 spiro atoms. The molecule has 1 atom stereocenters. The fourth-order valence-electron chi connectivity index (χ4n) is 0.913. The molecule has 0 aliphatic rings. The van der Waals surface area contributed by atoms with Crippen LogP contribution in [0.3, 0.4) is 0 Å². The van der Waals surface area contributed by atoms with Crippen molar-refractivity contribution < 1.29 is 9.90 Å². The number of hydrogen-bond acceptors (Lipinski definition) is 4. The molecular weight excluding hydrogens is 156 g/mol. The van der Waals surface area contributed by atoms with Crippen LogP contribution < -0.4 is 5.73 Å². The van der Waals surface area contributed by atoms with Gasteiger partial charge in [0.25, 0.3) is 0 Å². The van der Waals surface area contributed by atoms with Crippen molar-refractivity contribution in [3.63, 3.8) is 0 Å². The normalized spacial score (nSPS) is 12.5. The molecule has 1 heterocycles. The van der Waals surface area contributed by atoms with E-state index in [2.05, 4.69) is 4.98 Å². The fraction of sp³-hybridized carbons (Fsp3) is 0.250. The molecule has 0 aliphatic heterocycles. The summed E-state index contributed by atoms with van der Waals surface area (Å²) in [5, 5.41) is 9.15. The molecule has 0 fully saturated rings. The molecule has 0 bridgehead atoms. The van der Waals surface area contributed by atoms with Crippen molar-refractivity contribution in [2.45, 2.75) is 13.0 Å². The summed E-state index contributed by atoms with van der Waals surface area (Å²) in [7, 11) is 0. The van der Waals surface area contributed by atoms with E-state index in [-0.39, 0.29) is 5.82 Å². The van der Waals surface area contributed by atoms with Crippen molar-refractivity contribution in [2.24, 2.45) is 0 Å². The highest BCUT2D eigenvalue weighted by Crippen LogP contribution is 2.17. The largest absolute Gasteiger partial charge is 0.383 e. The smallest absolute Gasteiger partial charge is 0.153 e. The second-order valence-electron chi connectivity index (χ2n) is 2.57. The summed E-state index contributed by atoms with van der Waals surface area (Å²) in [6, 6.07) is 1.64. The van der Waals surface area contributed by atoms with Gasteiger partial charge >= 0.3 is 0 Å². The highest BCUT2D eigenvalue weighted by molar-refractivity contribution is 5.63. The Bertz CT molecular complexity index is 299. The third-order valence-electron chi connectivity index (χ3n) is 1.53. The number of aromatic nitrogens is 1. The highest BCUT2D eigenvalue weighted by Gasteiger charge is 2.10. The molecule has 4 nitrogen and oxygen atoms in total. The lowest BCUT2D eigenvalue weighted by Crippen LogP contribution is -2.05. The van der Waals surface area contributed by atoms with E-state index in [1.54, 1.807) is 12.3 Å². The molecule has 1 aromatic rings. The maximum atomic E-state index is 10.2. The van der Waals surface area contributed by atoms with Gasteiger partial charge in [-0.1, -0.05) is 0 Å².